The molecule has 0 heterocycles. The van der Waals surface area contributed by atoms with Crippen molar-refractivity contribution in [2.75, 3.05) is 27.4 Å². The Kier molecular flexibility index (Phi) is 11.7. The van der Waals surface area contributed by atoms with Gasteiger partial charge in [0.15, 0.2) is 0 Å². The Morgan fingerprint density at radius 1 is 1.05 bits per heavy atom. The normalized spacial score (nSPS) is 34.2. The molecule has 0 aromatic heterocycles. The minimum Gasteiger partial charge on any atom is -0.466 e. The van der Waals surface area contributed by atoms with Crippen molar-refractivity contribution in [2.24, 2.45) is 35.0 Å². The summed E-state index contributed by atoms with van der Waals surface area (Å²) in [5, 5.41) is 9.91. The Balaban J connectivity index is 1.94. The first-order valence-electron chi connectivity index (χ1n) is 14.8. The molecule has 3 rings (SSSR count). The molecule has 10 nitrogen and oxygen atoms in total. The Labute approximate surface area is 238 Å². The van der Waals surface area contributed by atoms with Gasteiger partial charge in [-0.05, 0) is 86.9 Å². The van der Waals surface area contributed by atoms with Crippen LogP contribution in [0.4, 0.5) is 4.79 Å². The highest BCUT2D eigenvalue weighted by Crippen LogP contribution is 2.59. The first-order chi connectivity index (χ1) is 18.9. The molecule has 9 atom stereocenters. The Morgan fingerprint density at radius 2 is 1.80 bits per heavy atom. The number of rotatable bonds is 12. The van der Waals surface area contributed by atoms with Gasteiger partial charge in [0.1, 0.15) is 11.7 Å². The van der Waals surface area contributed by atoms with Gasteiger partial charge in [0.05, 0.1) is 20.3 Å². The quantitative estimate of drug-likeness (QED) is 0.195. The van der Waals surface area contributed by atoms with Crippen molar-refractivity contribution in [1.82, 2.24) is 0 Å². The maximum Gasteiger partial charge on any atom is 0.508 e. The van der Waals surface area contributed by atoms with E-state index in [2.05, 4.69) is 13.8 Å². The van der Waals surface area contributed by atoms with E-state index < -0.39 is 18.2 Å². The molecule has 0 saturated heterocycles. The molecule has 2 bridgehead atoms. The SMILES string of the molecule is COC(=O)OC12CC(C)CC(C1)C(C(C)(CCOC(O)OC)CC1CCCC(OC(C)=O)C1)C(COC(C)=O)C2. The molecule has 3 aliphatic carbocycles. The number of ether oxygens (including phenoxy) is 6. The Morgan fingerprint density at radius 3 is 2.45 bits per heavy atom. The number of hydrogen-bond donors (Lipinski definition) is 1. The zero-order valence-electron chi connectivity index (χ0n) is 25.1. The summed E-state index contributed by atoms with van der Waals surface area (Å²) in [7, 11) is 2.71. The number of carbonyl (C=O) groups excluding carboxylic acids is 3. The summed E-state index contributed by atoms with van der Waals surface area (Å²) < 4.78 is 32.6. The van der Waals surface area contributed by atoms with Gasteiger partial charge in [-0.15, -0.1) is 0 Å². The number of hydrogen-bond acceptors (Lipinski definition) is 10. The molecule has 0 aromatic carbocycles. The molecule has 0 amide bonds. The van der Waals surface area contributed by atoms with Crippen LogP contribution in [0.1, 0.15) is 91.9 Å². The predicted octanol–water partition coefficient (Wildman–Crippen LogP) is 4.99. The van der Waals surface area contributed by atoms with Gasteiger partial charge in [0, 0.05) is 26.9 Å². The minimum absolute atomic E-state index is 0.0370. The summed E-state index contributed by atoms with van der Waals surface area (Å²) in [5.74, 6) is 0.459. The van der Waals surface area contributed by atoms with E-state index in [1.54, 1.807) is 0 Å². The number of methoxy groups -OCH3 is 2. The standard InChI is InChI=1S/C30H50O10/c1-19-12-23-16-30(14-19,40-28(34)36-6)17-24(18-38-20(2)31)26(23)29(4,10-11-37-27(33)35-5)15-22-8-7-9-25(13-22)39-21(3)32/h19,22-27,33H,7-18H2,1-6H3. The lowest BCUT2D eigenvalue weighted by molar-refractivity contribution is -0.254. The van der Waals surface area contributed by atoms with Gasteiger partial charge in [0.25, 0.3) is 6.48 Å². The van der Waals surface area contributed by atoms with E-state index >= 15 is 0 Å². The molecule has 10 heteroatoms. The summed E-state index contributed by atoms with van der Waals surface area (Å²) in [6.07, 6.45) is 7.56. The zero-order valence-corrected chi connectivity index (χ0v) is 25.1. The van der Waals surface area contributed by atoms with Crippen LogP contribution in [0, 0.1) is 35.0 Å². The highest BCUT2D eigenvalue weighted by molar-refractivity contribution is 5.66. The van der Waals surface area contributed by atoms with Crippen LogP contribution in [0.3, 0.4) is 0 Å². The topological polar surface area (TPSA) is 127 Å². The predicted molar refractivity (Wildman–Crippen MR) is 145 cm³/mol. The summed E-state index contributed by atoms with van der Waals surface area (Å²) in [6.45, 7) is 6.60. The van der Waals surface area contributed by atoms with Crippen molar-refractivity contribution in [2.45, 2.75) is 110 Å². The van der Waals surface area contributed by atoms with Crippen molar-refractivity contribution in [3.8, 4) is 0 Å². The third kappa shape index (κ3) is 8.79. The lowest BCUT2D eigenvalue weighted by Crippen LogP contribution is -2.56. The fourth-order valence-electron chi connectivity index (χ4n) is 8.47. The summed E-state index contributed by atoms with van der Waals surface area (Å²) >= 11 is 0. The fourth-order valence-corrected chi connectivity index (χ4v) is 8.47. The van der Waals surface area contributed by atoms with E-state index in [1.165, 1.54) is 28.1 Å². The van der Waals surface area contributed by atoms with Crippen LogP contribution in [0.2, 0.25) is 0 Å². The smallest absolute Gasteiger partial charge is 0.466 e. The summed E-state index contributed by atoms with van der Waals surface area (Å²) in [5.41, 5.74) is -0.911. The third-order valence-electron chi connectivity index (χ3n) is 9.44. The molecule has 230 valence electrons. The highest BCUT2D eigenvalue weighted by atomic mass is 16.8. The second-order valence-corrected chi connectivity index (χ2v) is 12.8. The van der Waals surface area contributed by atoms with Gasteiger partial charge in [-0.1, -0.05) is 20.3 Å². The molecule has 3 fully saturated rings. The molecule has 9 unspecified atom stereocenters. The number of carbonyl (C=O) groups is 3. The largest absolute Gasteiger partial charge is 0.508 e. The van der Waals surface area contributed by atoms with E-state index in [0.717, 1.165) is 51.4 Å². The number of esters is 2. The van der Waals surface area contributed by atoms with Crippen LogP contribution in [0.5, 0.6) is 0 Å². The maximum absolute atomic E-state index is 12.3. The molecule has 0 aliphatic heterocycles. The monoisotopic (exact) mass is 570 g/mol. The molecule has 40 heavy (non-hydrogen) atoms. The molecule has 0 spiro atoms. The maximum atomic E-state index is 12.3. The summed E-state index contributed by atoms with van der Waals surface area (Å²) in [4.78, 5) is 35.9. The van der Waals surface area contributed by atoms with Crippen LogP contribution in [-0.2, 0) is 38.0 Å². The van der Waals surface area contributed by atoms with Crippen molar-refractivity contribution in [3.63, 3.8) is 0 Å². The molecule has 3 aliphatic rings. The number of aliphatic hydroxyl groups excluding tert-OH is 1. The molecule has 0 aromatic rings. The van der Waals surface area contributed by atoms with Crippen LogP contribution >= 0.6 is 0 Å². The lowest BCUT2D eigenvalue weighted by atomic mass is 9.49. The first-order valence-corrected chi connectivity index (χ1v) is 14.8. The average molecular weight is 571 g/mol. The molecule has 3 saturated carbocycles. The average Bonchev–Trinajstić information content (AvgIpc) is 2.86. The van der Waals surface area contributed by atoms with E-state index in [0.29, 0.717) is 31.3 Å². The fraction of sp³-hybridized carbons (Fsp3) is 0.900. The second kappa shape index (κ2) is 14.3. The highest BCUT2D eigenvalue weighted by Gasteiger charge is 2.57. The zero-order chi connectivity index (χ0) is 29.5. The molecule has 0 radical (unpaired) electrons. The van der Waals surface area contributed by atoms with Gasteiger partial charge in [-0.3, -0.25) is 9.59 Å². The van der Waals surface area contributed by atoms with Crippen LogP contribution in [0.15, 0.2) is 0 Å². The third-order valence-corrected chi connectivity index (χ3v) is 9.44. The van der Waals surface area contributed by atoms with Gasteiger partial charge in [0.2, 0.25) is 0 Å². The van der Waals surface area contributed by atoms with E-state index in [4.69, 9.17) is 28.4 Å². The Bertz CT molecular complexity index is 863. The summed E-state index contributed by atoms with van der Waals surface area (Å²) in [6, 6.07) is 0. The van der Waals surface area contributed by atoms with Gasteiger partial charge < -0.3 is 33.5 Å². The number of fused-ring (bicyclic) bond motifs is 2. The van der Waals surface area contributed by atoms with Gasteiger partial charge in [-0.2, -0.15) is 0 Å². The first kappa shape index (κ1) is 32.6. The van der Waals surface area contributed by atoms with Gasteiger partial charge >= 0.3 is 18.1 Å². The van der Waals surface area contributed by atoms with E-state index in [9.17, 15) is 19.5 Å². The van der Waals surface area contributed by atoms with Crippen LogP contribution < -0.4 is 0 Å². The van der Waals surface area contributed by atoms with Crippen molar-refractivity contribution in [1.29, 1.82) is 0 Å². The molecule has 1 N–H and O–H groups in total. The van der Waals surface area contributed by atoms with Crippen molar-refractivity contribution >= 4 is 18.1 Å². The van der Waals surface area contributed by atoms with Crippen LogP contribution in [-0.4, -0.2) is 68.8 Å². The molecular formula is C30H50O10. The number of aliphatic hydroxyl groups is 1. The molecular weight excluding hydrogens is 520 g/mol. The van der Waals surface area contributed by atoms with Crippen molar-refractivity contribution < 1.29 is 47.9 Å². The lowest BCUT2D eigenvalue weighted by Gasteiger charge is -2.58. The second-order valence-electron chi connectivity index (χ2n) is 12.8. The minimum atomic E-state index is -1.30. The van der Waals surface area contributed by atoms with Crippen LogP contribution in [0.25, 0.3) is 0 Å². The van der Waals surface area contributed by atoms with E-state index in [1.807, 2.05) is 0 Å². The van der Waals surface area contributed by atoms with Gasteiger partial charge in [-0.25, -0.2) is 4.79 Å². The van der Waals surface area contributed by atoms with Crippen molar-refractivity contribution in [3.05, 3.63) is 0 Å². The Hall–Kier alpha value is -1.91. The van der Waals surface area contributed by atoms with E-state index in [-0.39, 0.29) is 47.8 Å².